The maximum absolute atomic E-state index is 5.11. The Morgan fingerprint density at radius 2 is 0.819 bits per heavy atom. The summed E-state index contributed by atoms with van der Waals surface area (Å²) in [6.07, 6.45) is 7.75. The molecule has 0 amide bonds. The van der Waals surface area contributed by atoms with E-state index in [9.17, 15) is 0 Å². The molecule has 6 nitrogen and oxygen atoms in total. The number of hydrogen-bond donors (Lipinski definition) is 0. The monoisotopic (exact) mass is 1420 g/mol. The third-order valence-electron chi connectivity index (χ3n) is 14.4. The van der Waals surface area contributed by atoms with Crippen molar-refractivity contribution in [3.8, 4) is 112 Å². The number of nitrogens with zero attached hydrogens (tertiary/aromatic N) is 6. The fourth-order valence-electron chi connectivity index (χ4n) is 10.4. The molecule has 9 aromatic carbocycles. The van der Waals surface area contributed by atoms with Crippen LogP contribution in [-0.2, 0) is 41.2 Å². The molecular weight excluding hydrogens is 1370 g/mol. The van der Waals surface area contributed by atoms with E-state index in [0.717, 1.165) is 118 Å². The quantitative estimate of drug-likeness (QED) is 0.107. The maximum atomic E-state index is 5.11. The van der Waals surface area contributed by atoms with Gasteiger partial charge in [0.05, 0.1) is 0 Å². The molecule has 0 unspecified atom stereocenters. The average molecular weight is 1420 g/mol. The molecule has 0 saturated heterocycles. The third kappa shape index (κ3) is 12.0. The SMILES string of the molecule is Cc1cc[c-]c(-c2ccc(-c3ccccc3-c3cc(-c4ccccc4-c4ccc(-c5[c-]ccc(C)c5)nc4)cc(-c4ccccc4-c4cnc(-c5[c-]ccc(N(c6ccccc6)c6cccc(-c7[c-]cccc7)n6)[c-]5)nc4)c3)cn2)c1.[Ir+3].[Pt+2]. The first kappa shape index (κ1) is 55.6. The van der Waals surface area contributed by atoms with Gasteiger partial charge in [-0.25, -0.2) is 17.7 Å². The van der Waals surface area contributed by atoms with Crippen LogP contribution in [0.2, 0.25) is 0 Å². The summed E-state index contributed by atoms with van der Waals surface area (Å²) in [5.41, 5.74) is 22.5. The molecule has 8 heteroatoms. The molecule has 13 aromatic rings. The Kier molecular flexibility index (Phi) is 16.9. The summed E-state index contributed by atoms with van der Waals surface area (Å²) in [4.78, 5) is 27.2. The molecule has 4 heterocycles. The Morgan fingerprint density at radius 3 is 1.31 bits per heavy atom. The van der Waals surface area contributed by atoms with Gasteiger partial charge in [-0.15, -0.1) is 112 Å². The zero-order valence-corrected chi connectivity index (χ0v) is 49.8. The predicted octanol–water partition coefficient (Wildman–Crippen LogP) is 18.4. The van der Waals surface area contributed by atoms with Gasteiger partial charge in [0.1, 0.15) is 5.82 Å². The number of hydrogen-bond acceptors (Lipinski definition) is 6. The first-order valence-corrected chi connectivity index (χ1v) is 26.9. The molecule has 0 spiro atoms. The van der Waals surface area contributed by atoms with Gasteiger partial charge in [0.25, 0.3) is 0 Å². The van der Waals surface area contributed by atoms with Crippen LogP contribution in [0.1, 0.15) is 11.1 Å². The van der Waals surface area contributed by atoms with Crippen molar-refractivity contribution in [3.63, 3.8) is 0 Å². The summed E-state index contributed by atoms with van der Waals surface area (Å²) in [6, 6.07) is 98.3. The van der Waals surface area contributed by atoms with Crippen molar-refractivity contribution >= 4 is 17.2 Å². The summed E-state index contributed by atoms with van der Waals surface area (Å²) >= 11 is 0. The summed E-state index contributed by atoms with van der Waals surface area (Å²) < 4.78 is 0. The van der Waals surface area contributed by atoms with E-state index in [0.29, 0.717) is 11.4 Å². The molecule has 0 saturated carbocycles. The van der Waals surface area contributed by atoms with Crippen LogP contribution in [0.15, 0.2) is 261 Å². The minimum absolute atomic E-state index is 0. The van der Waals surface area contributed by atoms with Crippen LogP contribution in [0.3, 0.4) is 0 Å². The van der Waals surface area contributed by atoms with Gasteiger partial charge in [-0.05, 0) is 121 Å². The van der Waals surface area contributed by atoms with E-state index in [2.05, 4.69) is 201 Å². The van der Waals surface area contributed by atoms with Gasteiger partial charge in [0.15, 0.2) is 0 Å². The number of rotatable bonds is 13. The van der Waals surface area contributed by atoms with Crippen LogP contribution in [-0.4, -0.2) is 24.9 Å². The molecule has 0 aliphatic carbocycles. The Balaban J connectivity index is 0.00000360. The molecule has 0 aliphatic rings. The summed E-state index contributed by atoms with van der Waals surface area (Å²) in [5.74, 6) is 1.24. The van der Waals surface area contributed by atoms with Crippen molar-refractivity contribution in [2.45, 2.75) is 13.8 Å². The van der Waals surface area contributed by atoms with Crippen LogP contribution in [0.4, 0.5) is 17.2 Å². The minimum Gasteiger partial charge on any atom is -0.332 e. The average Bonchev–Trinajstić information content (AvgIpc) is 3.54. The molecule has 4 aromatic heterocycles. The molecule has 0 atom stereocenters. The molecule has 0 aliphatic heterocycles. The molecule has 13 rings (SSSR count). The van der Waals surface area contributed by atoms with Gasteiger partial charge < -0.3 is 24.8 Å². The second-order valence-corrected chi connectivity index (χ2v) is 19.8. The van der Waals surface area contributed by atoms with E-state index in [4.69, 9.17) is 24.9 Å². The smallest absolute Gasteiger partial charge is 0.332 e. The van der Waals surface area contributed by atoms with Crippen molar-refractivity contribution in [2.24, 2.45) is 0 Å². The summed E-state index contributed by atoms with van der Waals surface area (Å²) in [5, 5.41) is 0. The molecule has 398 valence electrons. The standard InChI is InChI=1S/C75H49N6.Ir.Pt/c1-51-19-15-23-54(41-51)71-39-37-57(47-76-71)65-29-9-11-31-67(65)59-43-60(68-32-12-10-30-66(68)58-38-40-72(77-48-58)55-24-16-20-52(2)42-55)45-61(44-59)69-33-13-14-34-70(69)62-49-78-75(79-50-62)56-25-17-28-64(46-56)81(63-26-7-4-8-27-63)74-36-18-35-73(80-74)53-21-5-3-6-22-53;;/h3-21,26-45,47-50H,1-2H3;;/q-5;+3;+2. The Morgan fingerprint density at radius 1 is 0.349 bits per heavy atom. The number of pyridine rings is 3. The number of para-hydroxylation sites is 1. The number of aryl methyl sites for hydroxylation is 2. The van der Waals surface area contributed by atoms with Crippen molar-refractivity contribution in [1.82, 2.24) is 24.9 Å². The van der Waals surface area contributed by atoms with Crippen molar-refractivity contribution < 1.29 is 41.2 Å². The first-order chi connectivity index (χ1) is 40.0. The minimum atomic E-state index is 0. The van der Waals surface area contributed by atoms with Gasteiger partial charge in [0, 0.05) is 36.0 Å². The van der Waals surface area contributed by atoms with Crippen molar-refractivity contribution in [3.05, 3.63) is 303 Å². The van der Waals surface area contributed by atoms with Crippen LogP contribution >= 0.6 is 0 Å². The summed E-state index contributed by atoms with van der Waals surface area (Å²) in [6.45, 7) is 4.18. The van der Waals surface area contributed by atoms with Gasteiger partial charge in [-0.2, -0.15) is 0 Å². The largest absolute Gasteiger partial charge is 3.00 e. The van der Waals surface area contributed by atoms with Gasteiger partial charge >= 0.3 is 41.2 Å². The maximum Gasteiger partial charge on any atom is 3.00 e. The number of aromatic nitrogens is 5. The third-order valence-corrected chi connectivity index (χ3v) is 14.4. The Bertz CT molecular complexity index is 4210. The first-order valence-electron chi connectivity index (χ1n) is 26.9. The van der Waals surface area contributed by atoms with Gasteiger partial charge in [-0.3, -0.25) is 17.1 Å². The topological polar surface area (TPSA) is 67.7 Å². The molecule has 0 fully saturated rings. The predicted molar refractivity (Wildman–Crippen MR) is 328 cm³/mol. The normalized spacial score (nSPS) is 10.8. The van der Waals surface area contributed by atoms with Crippen LogP contribution in [0, 0.1) is 44.2 Å². The molecular formula is C75H49IrN6Pt. The Labute approximate surface area is 513 Å². The van der Waals surface area contributed by atoms with Crippen LogP contribution < -0.4 is 4.90 Å². The summed E-state index contributed by atoms with van der Waals surface area (Å²) in [7, 11) is 0. The van der Waals surface area contributed by atoms with Gasteiger partial charge in [-0.1, -0.05) is 141 Å². The van der Waals surface area contributed by atoms with E-state index >= 15 is 0 Å². The molecule has 83 heavy (non-hydrogen) atoms. The fraction of sp³-hybridized carbons (Fsp3) is 0.0267. The zero-order chi connectivity index (χ0) is 54.5. The number of benzene rings is 9. The van der Waals surface area contributed by atoms with Crippen LogP contribution in [0.25, 0.3) is 112 Å². The van der Waals surface area contributed by atoms with E-state index in [1.807, 2.05) is 110 Å². The van der Waals surface area contributed by atoms with E-state index in [1.54, 1.807) is 0 Å². The molecule has 0 radical (unpaired) electrons. The van der Waals surface area contributed by atoms with E-state index in [-0.39, 0.29) is 41.2 Å². The molecule has 0 bridgehead atoms. The molecule has 0 N–H and O–H groups in total. The van der Waals surface area contributed by atoms with E-state index < -0.39 is 0 Å². The van der Waals surface area contributed by atoms with Crippen molar-refractivity contribution in [1.29, 1.82) is 0 Å². The fourth-order valence-corrected chi connectivity index (χ4v) is 10.4. The van der Waals surface area contributed by atoms with Crippen molar-refractivity contribution in [2.75, 3.05) is 4.90 Å². The van der Waals surface area contributed by atoms with E-state index in [1.165, 1.54) is 11.1 Å². The van der Waals surface area contributed by atoms with Crippen LogP contribution in [0.5, 0.6) is 0 Å². The Hall–Kier alpha value is -9.35. The van der Waals surface area contributed by atoms with Gasteiger partial charge in [0.2, 0.25) is 0 Å². The second kappa shape index (κ2) is 25.2. The number of anilines is 3. The second-order valence-electron chi connectivity index (χ2n) is 19.8. The zero-order valence-electron chi connectivity index (χ0n) is 45.2.